The summed E-state index contributed by atoms with van der Waals surface area (Å²) in [5.74, 6) is 0.632. The van der Waals surface area contributed by atoms with Gasteiger partial charge in [-0.15, -0.1) is 0 Å². The molecule has 3 nitrogen and oxygen atoms in total. The first-order valence-electron chi connectivity index (χ1n) is 6.11. The van der Waals surface area contributed by atoms with Gasteiger partial charge in [0, 0.05) is 16.1 Å². The van der Waals surface area contributed by atoms with Crippen molar-refractivity contribution in [1.82, 2.24) is 0 Å². The second kappa shape index (κ2) is 6.64. The first-order chi connectivity index (χ1) is 10.0. The summed E-state index contributed by atoms with van der Waals surface area (Å²) in [5.41, 5.74) is 7.03. The van der Waals surface area contributed by atoms with Crippen molar-refractivity contribution in [1.29, 1.82) is 0 Å². The Labute approximate surface area is 135 Å². The zero-order valence-corrected chi connectivity index (χ0v) is 13.8. The maximum Gasteiger partial charge on any atom is 0.141 e. The summed E-state index contributed by atoms with van der Waals surface area (Å²) in [7, 11) is 3.06. The topological polar surface area (TPSA) is 44.5 Å². The highest BCUT2D eigenvalue weighted by Gasteiger charge is 2.23. The Morgan fingerprint density at radius 3 is 2.48 bits per heavy atom. The smallest absolute Gasteiger partial charge is 0.141 e. The molecule has 0 spiro atoms. The minimum absolute atomic E-state index is 0.231. The van der Waals surface area contributed by atoms with Gasteiger partial charge in [0.2, 0.25) is 0 Å². The van der Waals surface area contributed by atoms with Crippen LogP contribution in [0.25, 0.3) is 0 Å². The summed E-state index contributed by atoms with van der Waals surface area (Å²) in [6.45, 7) is 0. The molecule has 0 amide bonds. The monoisotopic (exact) mass is 373 g/mol. The van der Waals surface area contributed by atoms with Crippen molar-refractivity contribution >= 4 is 27.5 Å². The zero-order chi connectivity index (χ0) is 15.6. The highest BCUT2D eigenvalue weighted by atomic mass is 79.9. The van der Waals surface area contributed by atoms with E-state index in [2.05, 4.69) is 15.9 Å². The highest BCUT2D eigenvalue weighted by Crippen LogP contribution is 2.41. The zero-order valence-electron chi connectivity index (χ0n) is 11.5. The van der Waals surface area contributed by atoms with E-state index in [1.54, 1.807) is 25.3 Å². The number of ether oxygens (including phenoxy) is 2. The standard InChI is InChI=1S/C15H14BrClFNO2/c1-20-11-7-6-8(15(21-2)13(11)16)14(19)12-9(17)4-3-5-10(12)18/h3-7,14H,19H2,1-2H3. The number of benzene rings is 2. The van der Waals surface area contributed by atoms with Crippen LogP contribution in [0.15, 0.2) is 34.8 Å². The maximum absolute atomic E-state index is 14.0. The Hall–Kier alpha value is -1.30. The van der Waals surface area contributed by atoms with E-state index in [1.165, 1.54) is 19.2 Å². The molecule has 0 aliphatic rings. The van der Waals surface area contributed by atoms with Crippen LogP contribution in [0.2, 0.25) is 5.02 Å². The van der Waals surface area contributed by atoms with Crippen LogP contribution < -0.4 is 15.2 Å². The molecule has 0 radical (unpaired) electrons. The molecule has 0 aliphatic carbocycles. The van der Waals surface area contributed by atoms with Crippen LogP contribution in [0.5, 0.6) is 11.5 Å². The van der Waals surface area contributed by atoms with Crippen molar-refractivity contribution in [3.05, 3.63) is 56.8 Å². The Balaban J connectivity index is 2.59. The van der Waals surface area contributed by atoms with Gasteiger partial charge in [0.05, 0.1) is 20.3 Å². The van der Waals surface area contributed by atoms with Crippen molar-refractivity contribution in [2.24, 2.45) is 5.73 Å². The molecule has 1 unspecified atom stereocenters. The van der Waals surface area contributed by atoms with E-state index in [1.807, 2.05) is 0 Å². The van der Waals surface area contributed by atoms with Gasteiger partial charge in [0.25, 0.3) is 0 Å². The van der Waals surface area contributed by atoms with Crippen molar-refractivity contribution in [3.8, 4) is 11.5 Å². The van der Waals surface area contributed by atoms with Gasteiger partial charge in [0.1, 0.15) is 21.8 Å². The van der Waals surface area contributed by atoms with Crippen LogP contribution in [0.4, 0.5) is 4.39 Å². The quantitative estimate of drug-likeness (QED) is 0.867. The molecule has 6 heteroatoms. The van der Waals surface area contributed by atoms with Gasteiger partial charge in [-0.1, -0.05) is 17.7 Å². The van der Waals surface area contributed by atoms with Crippen molar-refractivity contribution < 1.29 is 13.9 Å². The van der Waals surface area contributed by atoms with Crippen LogP contribution in [-0.4, -0.2) is 14.2 Å². The molecule has 2 aromatic carbocycles. The van der Waals surface area contributed by atoms with Crippen LogP contribution >= 0.6 is 27.5 Å². The summed E-state index contributed by atoms with van der Waals surface area (Å²) in [6, 6.07) is 7.18. The molecule has 0 fully saturated rings. The van der Waals surface area contributed by atoms with Crippen LogP contribution in [0, 0.1) is 5.82 Å². The van der Waals surface area contributed by atoms with E-state index in [-0.39, 0.29) is 10.6 Å². The van der Waals surface area contributed by atoms with Gasteiger partial charge >= 0.3 is 0 Å². The largest absolute Gasteiger partial charge is 0.495 e. The number of methoxy groups -OCH3 is 2. The lowest BCUT2D eigenvalue weighted by molar-refractivity contribution is 0.384. The Morgan fingerprint density at radius 1 is 1.19 bits per heavy atom. The van der Waals surface area contributed by atoms with Crippen LogP contribution in [0.3, 0.4) is 0 Å². The minimum atomic E-state index is -0.754. The normalized spacial score (nSPS) is 12.1. The Kier molecular flexibility index (Phi) is 5.08. The van der Waals surface area contributed by atoms with E-state index in [0.717, 1.165) is 0 Å². The molecule has 1 atom stereocenters. The van der Waals surface area contributed by atoms with E-state index >= 15 is 0 Å². The average Bonchev–Trinajstić information content (AvgIpc) is 2.46. The van der Waals surface area contributed by atoms with E-state index < -0.39 is 11.9 Å². The summed E-state index contributed by atoms with van der Waals surface area (Å²) >= 11 is 9.47. The predicted molar refractivity (Wildman–Crippen MR) is 84.7 cm³/mol. The molecule has 2 rings (SSSR count). The van der Waals surface area contributed by atoms with Crippen molar-refractivity contribution in [2.75, 3.05) is 14.2 Å². The van der Waals surface area contributed by atoms with Gasteiger partial charge in [-0.2, -0.15) is 0 Å². The van der Waals surface area contributed by atoms with Crippen LogP contribution in [0.1, 0.15) is 17.2 Å². The summed E-state index contributed by atoms with van der Waals surface area (Å²) in [5, 5.41) is 0.275. The van der Waals surface area contributed by atoms with Gasteiger partial charge in [-0.3, -0.25) is 0 Å². The Bertz CT molecular complexity index is 646. The summed E-state index contributed by atoms with van der Waals surface area (Å²) < 4.78 is 25.2. The van der Waals surface area contributed by atoms with Gasteiger partial charge < -0.3 is 15.2 Å². The third-order valence-electron chi connectivity index (χ3n) is 3.16. The molecular formula is C15H14BrClFNO2. The molecule has 2 aromatic rings. The number of hydrogen-bond acceptors (Lipinski definition) is 3. The number of hydrogen-bond donors (Lipinski definition) is 1. The predicted octanol–water partition coefficient (Wildman–Crippen LogP) is 4.31. The first-order valence-corrected chi connectivity index (χ1v) is 7.28. The molecular weight excluding hydrogens is 361 g/mol. The molecule has 21 heavy (non-hydrogen) atoms. The van der Waals surface area contributed by atoms with Crippen molar-refractivity contribution in [3.63, 3.8) is 0 Å². The molecule has 0 heterocycles. The minimum Gasteiger partial charge on any atom is -0.495 e. The summed E-state index contributed by atoms with van der Waals surface area (Å²) in [4.78, 5) is 0. The molecule has 112 valence electrons. The molecule has 2 N–H and O–H groups in total. The maximum atomic E-state index is 14.0. The second-order valence-corrected chi connectivity index (χ2v) is 5.52. The Morgan fingerprint density at radius 2 is 1.90 bits per heavy atom. The van der Waals surface area contributed by atoms with E-state index in [9.17, 15) is 4.39 Å². The number of nitrogens with two attached hydrogens (primary N) is 1. The molecule has 0 bridgehead atoms. The second-order valence-electron chi connectivity index (χ2n) is 4.32. The van der Waals surface area contributed by atoms with Gasteiger partial charge in [0.15, 0.2) is 0 Å². The fraction of sp³-hybridized carbons (Fsp3) is 0.200. The van der Waals surface area contributed by atoms with Gasteiger partial charge in [-0.25, -0.2) is 4.39 Å². The third kappa shape index (κ3) is 3.00. The average molecular weight is 375 g/mol. The fourth-order valence-corrected chi connectivity index (χ4v) is 3.09. The lowest BCUT2D eigenvalue weighted by Gasteiger charge is -2.20. The van der Waals surface area contributed by atoms with Crippen molar-refractivity contribution in [2.45, 2.75) is 6.04 Å². The van der Waals surface area contributed by atoms with Gasteiger partial charge in [-0.05, 0) is 40.2 Å². The highest BCUT2D eigenvalue weighted by molar-refractivity contribution is 9.10. The van der Waals surface area contributed by atoms with E-state index in [4.69, 9.17) is 26.8 Å². The number of rotatable bonds is 4. The SMILES string of the molecule is COc1ccc(C(N)c2c(F)cccc2Cl)c(OC)c1Br. The van der Waals surface area contributed by atoms with E-state index in [0.29, 0.717) is 21.5 Å². The lowest BCUT2D eigenvalue weighted by atomic mass is 9.98. The molecule has 0 saturated carbocycles. The fourth-order valence-electron chi connectivity index (χ4n) is 2.13. The molecule has 0 aliphatic heterocycles. The third-order valence-corrected chi connectivity index (χ3v) is 4.24. The lowest BCUT2D eigenvalue weighted by Crippen LogP contribution is -2.15. The van der Waals surface area contributed by atoms with Crippen LogP contribution in [-0.2, 0) is 0 Å². The first kappa shape index (κ1) is 16.1. The number of halogens is 3. The molecule has 0 aromatic heterocycles. The molecule has 0 saturated heterocycles. The summed E-state index contributed by atoms with van der Waals surface area (Å²) in [6.07, 6.45) is 0.